The molecule has 1 heterocycles. The minimum absolute atomic E-state index is 0.110. The normalized spacial score (nSPS) is 15.2. The van der Waals surface area contributed by atoms with Crippen LogP contribution in [-0.2, 0) is 12.8 Å². The molecule has 1 aromatic rings. The highest BCUT2D eigenvalue weighted by Crippen LogP contribution is 2.28. The highest BCUT2D eigenvalue weighted by Gasteiger charge is 2.27. The summed E-state index contributed by atoms with van der Waals surface area (Å²) in [5.74, 6) is 1.22. The number of benzene rings is 1. The molecule has 1 saturated heterocycles. The van der Waals surface area contributed by atoms with Gasteiger partial charge in [0.05, 0.1) is 5.03 Å². The molecule has 0 aliphatic carbocycles. The summed E-state index contributed by atoms with van der Waals surface area (Å²) in [6.07, 6.45) is 14.5. The van der Waals surface area contributed by atoms with Gasteiger partial charge in [0.2, 0.25) is 0 Å². The Morgan fingerprint density at radius 3 is 2.57 bits per heavy atom. The zero-order chi connectivity index (χ0) is 27.0. The van der Waals surface area contributed by atoms with Gasteiger partial charge in [-0.25, -0.2) is 4.39 Å². The number of hydrogen-bond acceptors (Lipinski definition) is 4. The average molecular weight is 531 g/mol. The molecule has 0 bridgehead atoms. The van der Waals surface area contributed by atoms with Crippen LogP contribution in [-0.4, -0.2) is 37.3 Å². The number of nitrogens with two attached hydrogens (primary N) is 2. The third kappa shape index (κ3) is 12.3. The predicted octanol–water partition coefficient (Wildman–Crippen LogP) is 7.13. The second-order valence-electron chi connectivity index (χ2n) is 10.7. The van der Waals surface area contributed by atoms with Gasteiger partial charge >= 0.3 is 0 Å². The summed E-state index contributed by atoms with van der Waals surface area (Å²) in [6.45, 7) is 13.8. The minimum Gasteiger partial charge on any atom is -0.403 e. The Kier molecular flexibility index (Phi) is 14.6. The lowest BCUT2D eigenvalue weighted by atomic mass is 9.91. The van der Waals surface area contributed by atoms with E-state index in [0.29, 0.717) is 23.3 Å². The summed E-state index contributed by atoms with van der Waals surface area (Å²) < 4.78 is 14.8. The monoisotopic (exact) mass is 530 g/mol. The Bertz CT molecular complexity index is 904. The number of aliphatic imine (C=N–C) groups is 1. The molecule has 0 amide bonds. The summed E-state index contributed by atoms with van der Waals surface area (Å²) in [7, 11) is 0. The van der Waals surface area contributed by atoms with Crippen molar-refractivity contribution >= 4 is 17.8 Å². The summed E-state index contributed by atoms with van der Waals surface area (Å²) in [4.78, 5) is 6.67. The van der Waals surface area contributed by atoms with Gasteiger partial charge in [0.1, 0.15) is 5.82 Å². The fourth-order valence-corrected chi connectivity index (χ4v) is 4.98. The molecule has 0 spiro atoms. The highest BCUT2D eigenvalue weighted by atomic mass is 35.5. The third-order valence-corrected chi connectivity index (χ3v) is 7.55. The van der Waals surface area contributed by atoms with Crippen LogP contribution in [0.5, 0.6) is 0 Å². The van der Waals surface area contributed by atoms with Gasteiger partial charge in [-0.05, 0) is 81.0 Å². The molecule has 6 heteroatoms. The van der Waals surface area contributed by atoms with Crippen LogP contribution in [0.4, 0.5) is 4.39 Å². The number of unbranched alkanes of at least 4 members (excludes halogenated alkanes) is 2. The van der Waals surface area contributed by atoms with E-state index >= 15 is 0 Å². The van der Waals surface area contributed by atoms with Crippen LogP contribution in [0.2, 0.25) is 0 Å². The van der Waals surface area contributed by atoms with E-state index < -0.39 is 0 Å². The van der Waals surface area contributed by atoms with Gasteiger partial charge in [0, 0.05) is 44.2 Å². The van der Waals surface area contributed by atoms with Crippen molar-refractivity contribution in [2.75, 3.05) is 26.2 Å². The Morgan fingerprint density at radius 2 is 1.92 bits per heavy atom. The van der Waals surface area contributed by atoms with Crippen molar-refractivity contribution in [3.05, 3.63) is 70.8 Å². The van der Waals surface area contributed by atoms with Crippen molar-refractivity contribution in [3.63, 3.8) is 0 Å². The molecule has 1 aliphatic rings. The Labute approximate surface area is 229 Å². The molecule has 206 valence electrons. The van der Waals surface area contributed by atoms with Gasteiger partial charge in [0.15, 0.2) is 0 Å². The molecule has 1 unspecified atom stereocenters. The lowest BCUT2D eigenvalue weighted by Crippen LogP contribution is -2.45. The van der Waals surface area contributed by atoms with E-state index in [-0.39, 0.29) is 5.82 Å². The maximum absolute atomic E-state index is 14.8. The first-order valence-corrected chi connectivity index (χ1v) is 14.3. The van der Waals surface area contributed by atoms with E-state index in [1.54, 1.807) is 12.3 Å². The highest BCUT2D eigenvalue weighted by molar-refractivity contribution is 6.39. The van der Waals surface area contributed by atoms with Gasteiger partial charge in [-0.2, -0.15) is 0 Å². The van der Waals surface area contributed by atoms with Crippen molar-refractivity contribution in [3.8, 4) is 0 Å². The SMILES string of the molecule is C=C(C)CCC1CN(C(=C)Cc2ccc(CCCCC(CCCCN)CC/N=C\C(Cl)=C/N)cc2F)C1. The van der Waals surface area contributed by atoms with Gasteiger partial charge < -0.3 is 16.4 Å². The van der Waals surface area contributed by atoms with Gasteiger partial charge in [0.25, 0.3) is 0 Å². The van der Waals surface area contributed by atoms with Gasteiger partial charge in [-0.15, -0.1) is 6.58 Å². The zero-order valence-corrected chi connectivity index (χ0v) is 23.6. The first kappa shape index (κ1) is 31.1. The first-order chi connectivity index (χ1) is 17.8. The predicted molar refractivity (Wildman–Crippen MR) is 158 cm³/mol. The van der Waals surface area contributed by atoms with Crippen molar-refractivity contribution in [2.45, 2.75) is 77.6 Å². The van der Waals surface area contributed by atoms with Gasteiger partial charge in [-0.3, -0.25) is 4.99 Å². The van der Waals surface area contributed by atoms with Crippen molar-refractivity contribution in [2.24, 2.45) is 28.3 Å². The topological polar surface area (TPSA) is 67.6 Å². The quantitative estimate of drug-likeness (QED) is 0.113. The summed E-state index contributed by atoms with van der Waals surface area (Å²) in [5.41, 5.74) is 15.1. The number of nitrogens with zero attached hydrogens (tertiary/aromatic N) is 2. The standard InChI is InChI=1S/C31H48ClFN4/c1-24(2)11-12-28-22-37(23-28)25(3)18-29-14-13-27(19-31(29)33)10-5-4-8-26(9-6-7-16-34)15-17-36-21-30(32)20-35/h13-14,19-21,26,28H,1,3-12,15-18,22-23,34-35H2,2H3/b30-20+,36-21-. The van der Waals surface area contributed by atoms with Crippen molar-refractivity contribution < 1.29 is 4.39 Å². The maximum atomic E-state index is 14.8. The van der Waals surface area contributed by atoms with Crippen LogP contribution in [0, 0.1) is 17.7 Å². The maximum Gasteiger partial charge on any atom is 0.127 e. The fraction of sp³-hybridized carbons (Fsp3) is 0.581. The Morgan fingerprint density at radius 1 is 1.19 bits per heavy atom. The second kappa shape index (κ2) is 17.4. The number of halogens is 2. The summed E-state index contributed by atoms with van der Waals surface area (Å²) >= 11 is 5.87. The lowest BCUT2D eigenvalue weighted by Gasteiger charge is -2.42. The van der Waals surface area contributed by atoms with Gasteiger partial charge in [-0.1, -0.05) is 61.6 Å². The summed E-state index contributed by atoms with van der Waals surface area (Å²) in [5, 5.41) is 0.464. The average Bonchev–Trinajstić information content (AvgIpc) is 2.84. The van der Waals surface area contributed by atoms with Crippen molar-refractivity contribution in [1.29, 1.82) is 0 Å². The molecule has 4 N–H and O–H groups in total. The summed E-state index contributed by atoms with van der Waals surface area (Å²) in [6, 6.07) is 5.75. The largest absolute Gasteiger partial charge is 0.403 e. The van der Waals surface area contributed by atoms with E-state index in [9.17, 15) is 4.39 Å². The van der Waals surface area contributed by atoms with Crippen LogP contribution in [0.3, 0.4) is 0 Å². The smallest absolute Gasteiger partial charge is 0.127 e. The first-order valence-electron chi connectivity index (χ1n) is 13.9. The van der Waals surface area contributed by atoms with Crippen LogP contribution in [0.25, 0.3) is 0 Å². The van der Waals surface area contributed by atoms with Crippen LogP contribution in [0.15, 0.2) is 58.9 Å². The second-order valence-corrected chi connectivity index (χ2v) is 11.1. The third-order valence-electron chi connectivity index (χ3n) is 7.33. The number of rotatable bonds is 19. The number of hydrogen-bond donors (Lipinski definition) is 2. The molecule has 0 saturated carbocycles. The van der Waals surface area contributed by atoms with E-state index in [4.69, 9.17) is 23.1 Å². The van der Waals surface area contributed by atoms with E-state index in [1.807, 2.05) is 6.07 Å². The molecule has 2 rings (SSSR count). The Balaban J connectivity index is 1.73. The molecule has 37 heavy (non-hydrogen) atoms. The molecule has 1 aromatic carbocycles. The number of allylic oxidation sites excluding steroid dienone is 3. The molecule has 1 fully saturated rings. The lowest BCUT2D eigenvalue weighted by molar-refractivity contribution is 0.133. The van der Waals surface area contributed by atoms with E-state index in [0.717, 1.165) is 94.4 Å². The molecular formula is C31H48ClFN4. The van der Waals surface area contributed by atoms with E-state index in [1.165, 1.54) is 24.6 Å². The number of aryl methyl sites for hydroxylation is 1. The molecule has 0 aromatic heterocycles. The van der Waals surface area contributed by atoms with Crippen LogP contribution >= 0.6 is 11.6 Å². The molecule has 4 nitrogen and oxygen atoms in total. The Hall–Kier alpha value is -2.11. The zero-order valence-electron chi connectivity index (χ0n) is 22.9. The fourth-order valence-electron chi connectivity index (χ4n) is 4.91. The van der Waals surface area contributed by atoms with Crippen molar-refractivity contribution in [1.82, 2.24) is 4.90 Å². The molecule has 1 atom stereocenters. The van der Waals surface area contributed by atoms with E-state index in [2.05, 4.69) is 36.0 Å². The molecule has 0 radical (unpaired) electrons. The molecular weight excluding hydrogens is 483 g/mol. The minimum atomic E-state index is -0.110. The molecule has 1 aliphatic heterocycles. The van der Waals surface area contributed by atoms with Crippen LogP contribution < -0.4 is 11.5 Å². The van der Waals surface area contributed by atoms with Crippen LogP contribution in [0.1, 0.15) is 75.8 Å². The number of likely N-dealkylation sites (tertiary alicyclic amines) is 1.